The van der Waals surface area contributed by atoms with Gasteiger partial charge in [0, 0.05) is 4.91 Å². The number of hydrogen-bond acceptors (Lipinski definition) is 2. The SMILES string of the molecule is [N-]=[N+]=NC(CC(=O)O)c1ccc2c(c1)CCC2. The first kappa shape index (κ1) is 11.5. The third kappa shape index (κ3) is 2.57. The lowest BCUT2D eigenvalue weighted by Gasteiger charge is -2.10. The van der Waals surface area contributed by atoms with Crippen LogP contribution in [0.1, 0.15) is 35.6 Å². The molecule has 0 aromatic heterocycles. The van der Waals surface area contributed by atoms with Crippen LogP contribution in [0.5, 0.6) is 0 Å². The van der Waals surface area contributed by atoms with Crippen LogP contribution in [0.3, 0.4) is 0 Å². The summed E-state index contributed by atoms with van der Waals surface area (Å²) in [6, 6.07) is 5.25. The summed E-state index contributed by atoms with van der Waals surface area (Å²) in [5.74, 6) is -0.956. The van der Waals surface area contributed by atoms with Crippen molar-refractivity contribution < 1.29 is 9.90 Å². The molecule has 1 aliphatic carbocycles. The van der Waals surface area contributed by atoms with Gasteiger partial charge in [0.2, 0.25) is 0 Å². The minimum absolute atomic E-state index is 0.164. The highest BCUT2D eigenvalue weighted by atomic mass is 16.4. The summed E-state index contributed by atoms with van der Waals surface area (Å²) < 4.78 is 0. The summed E-state index contributed by atoms with van der Waals surface area (Å²) >= 11 is 0. The Hall–Kier alpha value is -2.00. The number of aliphatic carboxylic acids is 1. The van der Waals surface area contributed by atoms with Crippen LogP contribution in [0.4, 0.5) is 0 Å². The van der Waals surface area contributed by atoms with Crippen molar-refractivity contribution in [3.8, 4) is 0 Å². The Labute approximate surface area is 98.7 Å². The molecule has 0 spiro atoms. The summed E-state index contributed by atoms with van der Waals surface area (Å²) in [6.45, 7) is 0. The van der Waals surface area contributed by atoms with E-state index in [0.29, 0.717) is 0 Å². The fraction of sp³-hybridized carbons (Fsp3) is 0.417. The Morgan fingerprint density at radius 1 is 1.47 bits per heavy atom. The van der Waals surface area contributed by atoms with Crippen molar-refractivity contribution in [3.63, 3.8) is 0 Å². The second kappa shape index (κ2) is 4.89. The van der Waals surface area contributed by atoms with Gasteiger partial charge < -0.3 is 5.11 Å². The number of azide groups is 1. The summed E-state index contributed by atoms with van der Waals surface area (Å²) in [6.07, 6.45) is 3.09. The molecule has 1 unspecified atom stereocenters. The molecule has 17 heavy (non-hydrogen) atoms. The first-order valence-corrected chi connectivity index (χ1v) is 5.58. The van der Waals surface area contributed by atoms with Crippen LogP contribution in [-0.4, -0.2) is 11.1 Å². The van der Waals surface area contributed by atoms with Crippen LogP contribution in [-0.2, 0) is 17.6 Å². The summed E-state index contributed by atoms with van der Waals surface area (Å²) in [4.78, 5) is 13.4. The minimum Gasteiger partial charge on any atom is -0.481 e. The number of carboxylic acid groups (broad SMARTS) is 1. The highest BCUT2D eigenvalue weighted by Gasteiger charge is 2.17. The lowest BCUT2D eigenvalue weighted by Crippen LogP contribution is -2.04. The van der Waals surface area contributed by atoms with Gasteiger partial charge >= 0.3 is 5.97 Å². The van der Waals surface area contributed by atoms with E-state index in [-0.39, 0.29) is 6.42 Å². The zero-order chi connectivity index (χ0) is 12.3. The van der Waals surface area contributed by atoms with Gasteiger partial charge in [0.25, 0.3) is 0 Å². The normalized spacial score (nSPS) is 14.8. The van der Waals surface area contributed by atoms with Gasteiger partial charge in [0.1, 0.15) is 0 Å². The molecule has 1 atom stereocenters. The lowest BCUT2D eigenvalue weighted by molar-refractivity contribution is -0.137. The molecule has 5 nitrogen and oxygen atoms in total. The molecule has 0 bridgehead atoms. The maximum Gasteiger partial charge on any atom is 0.304 e. The quantitative estimate of drug-likeness (QED) is 0.490. The molecule has 2 rings (SSSR count). The molecule has 0 saturated carbocycles. The molecular formula is C12H13N3O2. The van der Waals surface area contributed by atoms with E-state index in [1.165, 1.54) is 11.1 Å². The van der Waals surface area contributed by atoms with E-state index in [1.54, 1.807) is 0 Å². The number of rotatable bonds is 4. The van der Waals surface area contributed by atoms with Crippen molar-refractivity contribution >= 4 is 5.97 Å². The Balaban J connectivity index is 2.29. The monoisotopic (exact) mass is 231 g/mol. The number of nitrogens with zero attached hydrogens (tertiary/aromatic N) is 3. The van der Waals surface area contributed by atoms with Crippen LogP contribution in [0.15, 0.2) is 23.3 Å². The smallest absolute Gasteiger partial charge is 0.304 e. The van der Waals surface area contributed by atoms with Crippen molar-refractivity contribution in [1.29, 1.82) is 0 Å². The molecule has 88 valence electrons. The summed E-state index contributed by atoms with van der Waals surface area (Å²) in [5, 5.41) is 12.3. The van der Waals surface area contributed by atoms with E-state index < -0.39 is 12.0 Å². The Kier molecular flexibility index (Phi) is 3.30. The van der Waals surface area contributed by atoms with Crippen LogP contribution in [0, 0.1) is 0 Å². The third-order valence-electron chi connectivity index (χ3n) is 3.07. The van der Waals surface area contributed by atoms with Crippen LogP contribution in [0.25, 0.3) is 10.4 Å². The van der Waals surface area contributed by atoms with E-state index in [1.807, 2.05) is 18.2 Å². The van der Waals surface area contributed by atoms with E-state index in [9.17, 15) is 4.79 Å². The molecule has 1 aromatic rings. The molecule has 0 saturated heterocycles. The van der Waals surface area contributed by atoms with E-state index >= 15 is 0 Å². The molecule has 5 heteroatoms. The number of fused-ring (bicyclic) bond motifs is 1. The standard InChI is InChI=1S/C12H13N3O2/c13-15-14-11(7-12(16)17)10-5-4-8-2-1-3-9(8)6-10/h4-6,11H,1-3,7H2,(H,16,17). The summed E-state index contributed by atoms with van der Waals surface area (Å²) in [5.41, 5.74) is 11.8. The fourth-order valence-corrected chi connectivity index (χ4v) is 2.25. The molecule has 0 heterocycles. The Morgan fingerprint density at radius 2 is 2.24 bits per heavy atom. The van der Waals surface area contributed by atoms with Crippen molar-refractivity contribution in [3.05, 3.63) is 45.3 Å². The average molecular weight is 231 g/mol. The highest BCUT2D eigenvalue weighted by Crippen LogP contribution is 2.28. The van der Waals surface area contributed by atoms with Gasteiger partial charge in [-0.05, 0) is 41.5 Å². The van der Waals surface area contributed by atoms with Gasteiger partial charge in [-0.3, -0.25) is 4.79 Å². The second-order valence-corrected chi connectivity index (χ2v) is 4.20. The van der Waals surface area contributed by atoms with E-state index in [4.69, 9.17) is 10.6 Å². The summed E-state index contributed by atoms with van der Waals surface area (Å²) in [7, 11) is 0. The van der Waals surface area contributed by atoms with Gasteiger partial charge in [0.05, 0.1) is 12.5 Å². The van der Waals surface area contributed by atoms with Crippen molar-refractivity contribution in [2.24, 2.45) is 5.11 Å². The highest BCUT2D eigenvalue weighted by molar-refractivity contribution is 5.68. The van der Waals surface area contributed by atoms with Gasteiger partial charge in [-0.25, -0.2) is 0 Å². The number of aryl methyl sites for hydroxylation is 2. The third-order valence-corrected chi connectivity index (χ3v) is 3.07. The average Bonchev–Trinajstić information content (AvgIpc) is 2.74. The van der Waals surface area contributed by atoms with Crippen LogP contribution >= 0.6 is 0 Å². The molecule has 0 radical (unpaired) electrons. The van der Waals surface area contributed by atoms with E-state index in [2.05, 4.69) is 10.0 Å². The predicted molar refractivity (Wildman–Crippen MR) is 62.6 cm³/mol. The maximum atomic E-state index is 10.7. The number of hydrogen-bond donors (Lipinski definition) is 1. The van der Waals surface area contributed by atoms with Crippen molar-refractivity contribution in [1.82, 2.24) is 0 Å². The second-order valence-electron chi connectivity index (χ2n) is 4.20. The van der Waals surface area contributed by atoms with Gasteiger partial charge in [-0.1, -0.05) is 23.3 Å². The van der Waals surface area contributed by atoms with Crippen molar-refractivity contribution in [2.45, 2.75) is 31.7 Å². The van der Waals surface area contributed by atoms with Gasteiger partial charge in [-0.2, -0.15) is 0 Å². The van der Waals surface area contributed by atoms with Gasteiger partial charge in [-0.15, -0.1) is 0 Å². The van der Waals surface area contributed by atoms with Gasteiger partial charge in [0.15, 0.2) is 0 Å². The van der Waals surface area contributed by atoms with Crippen LogP contribution < -0.4 is 0 Å². The zero-order valence-corrected chi connectivity index (χ0v) is 9.33. The maximum absolute atomic E-state index is 10.7. The molecule has 0 amide bonds. The van der Waals surface area contributed by atoms with Crippen LogP contribution in [0.2, 0.25) is 0 Å². The number of carboxylic acids is 1. The molecule has 0 aliphatic heterocycles. The Bertz CT molecular complexity index is 493. The zero-order valence-electron chi connectivity index (χ0n) is 9.33. The number of carbonyl (C=O) groups is 1. The van der Waals surface area contributed by atoms with Crippen molar-refractivity contribution in [2.75, 3.05) is 0 Å². The fourth-order valence-electron chi connectivity index (χ4n) is 2.25. The number of benzene rings is 1. The predicted octanol–water partition coefficient (Wildman–Crippen LogP) is 3.00. The lowest BCUT2D eigenvalue weighted by atomic mass is 10.00. The topological polar surface area (TPSA) is 86.1 Å². The molecular weight excluding hydrogens is 218 g/mol. The molecule has 1 aliphatic rings. The first-order chi connectivity index (χ1) is 8.20. The first-order valence-electron chi connectivity index (χ1n) is 5.58. The molecule has 1 N–H and O–H groups in total. The Morgan fingerprint density at radius 3 is 2.94 bits per heavy atom. The van der Waals surface area contributed by atoms with E-state index in [0.717, 1.165) is 24.8 Å². The molecule has 1 aromatic carbocycles. The minimum atomic E-state index is -0.956. The molecule has 0 fully saturated rings. The largest absolute Gasteiger partial charge is 0.481 e.